The van der Waals surface area contributed by atoms with Crippen LogP contribution < -0.4 is 0 Å². The van der Waals surface area contributed by atoms with Gasteiger partial charge in [0.25, 0.3) is 0 Å². The number of aliphatic hydroxyl groups is 1. The highest BCUT2D eigenvalue weighted by Gasteiger charge is 2.08. The van der Waals surface area contributed by atoms with Crippen LogP contribution in [-0.2, 0) is 9.59 Å². The largest absolute Gasteiger partial charge is 0.480 e. The maximum atomic E-state index is 10.5. The Hall–Kier alpha value is -1.23. The smallest absolute Gasteiger partial charge is 0.325 e. The third-order valence-corrected chi connectivity index (χ3v) is 1.89. The van der Waals surface area contributed by atoms with E-state index in [4.69, 9.17) is 5.11 Å². The van der Waals surface area contributed by atoms with Crippen molar-refractivity contribution in [1.29, 1.82) is 0 Å². The van der Waals surface area contributed by atoms with Gasteiger partial charge in [-0.1, -0.05) is 19.8 Å². The molecule has 0 heterocycles. The van der Waals surface area contributed by atoms with Crippen molar-refractivity contribution in [3.63, 3.8) is 0 Å². The molecule has 0 fully saturated rings. The summed E-state index contributed by atoms with van der Waals surface area (Å²) in [6, 6.07) is 0. The van der Waals surface area contributed by atoms with E-state index in [1.807, 2.05) is 6.92 Å². The number of carboxylic acid groups (broad SMARTS) is 1. The topological polar surface area (TPSA) is 87.0 Å². The first-order chi connectivity index (χ1) is 7.10. The number of hydrogen-bond donors (Lipinski definition) is 2. The molecule has 0 spiro atoms. The minimum absolute atomic E-state index is 0.112. The van der Waals surface area contributed by atoms with Gasteiger partial charge in [0.05, 0.1) is 11.8 Å². The summed E-state index contributed by atoms with van der Waals surface area (Å²) in [4.78, 5) is 24.3. The lowest BCUT2D eigenvalue weighted by Gasteiger charge is -2.08. The van der Waals surface area contributed by atoms with E-state index in [1.165, 1.54) is 0 Å². The fourth-order valence-electron chi connectivity index (χ4n) is 1.10. The zero-order valence-electron chi connectivity index (χ0n) is 8.85. The second kappa shape index (κ2) is 8.11. The van der Waals surface area contributed by atoms with Crippen LogP contribution in [0.5, 0.6) is 0 Å². The Morgan fingerprint density at radius 1 is 1.53 bits per heavy atom. The minimum atomic E-state index is -1.09. The van der Waals surface area contributed by atoms with Crippen LogP contribution in [0.15, 0.2) is 4.99 Å². The summed E-state index contributed by atoms with van der Waals surface area (Å²) < 4.78 is 0. The maximum Gasteiger partial charge on any atom is 0.325 e. The van der Waals surface area contributed by atoms with E-state index >= 15 is 0 Å². The van der Waals surface area contributed by atoms with Crippen molar-refractivity contribution in [2.24, 2.45) is 4.99 Å². The Labute approximate surface area is 88.8 Å². The van der Waals surface area contributed by atoms with Crippen LogP contribution in [0.25, 0.3) is 0 Å². The van der Waals surface area contributed by atoms with Crippen LogP contribution in [-0.4, -0.2) is 40.8 Å². The molecule has 0 aromatic carbocycles. The van der Waals surface area contributed by atoms with Crippen molar-refractivity contribution in [3.05, 3.63) is 0 Å². The third-order valence-electron chi connectivity index (χ3n) is 1.89. The molecule has 15 heavy (non-hydrogen) atoms. The lowest BCUT2D eigenvalue weighted by Crippen LogP contribution is -2.16. The van der Waals surface area contributed by atoms with E-state index in [0.29, 0.717) is 12.7 Å². The zero-order valence-corrected chi connectivity index (χ0v) is 8.85. The van der Waals surface area contributed by atoms with Gasteiger partial charge in [0.15, 0.2) is 6.29 Å². The number of carbonyl (C=O) groups excluding carboxylic acids is 1. The first-order valence-electron chi connectivity index (χ1n) is 4.98. The van der Waals surface area contributed by atoms with Crippen LogP contribution in [0, 0.1) is 0 Å². The summed E-state index contributed by atoms with van der Waals surface area (Å²) in [5, 5.41) is 17.8. The molecular weight excluding hydrogens is 198 g/mol. The second-order valence-corrected chi connectivity index (χ2v) is 3.32. The van der Waals surface area contributed by atoms with Gasteiger partial charge < -0.3 is 10.2 Å². The zero-order chi connectivity index (χ0) is 11.7. The van der Waals surface area contributed by atoms with Crippen molar-refractivity contribution in [1.82, 2.24) is 0 Å². The number of carbonyl (C=O) groups is 2. The molecule has 86 valence electrons. The van der Waals surface area contributed by atoms with Gasteiger partial charge in [-0.15, -0.1) is 0 Å². The molecule has 5 nitrogen and oxygen atoms in total. The van der Waals surface area contributed by atoms with E-state index in [-0.39, 0.29) is 12.1 Å². The van der Waals surface area contributed by atoms with Gasteiger partial charge in [0.2, 0.25) is 0 Å². The molecule has 0 amide bonds. The maximum absolute atomic E-state index is 10.5. The summed E-state index contributed by atoms with van der Waals surface area (Å²) in [5.41, 5.74) is 0.112. The molecule has 0 aliphatic heterocycles. The molecule has 0 radical (unpaired) electrons. The number of carboxylic acids is 1. The molecule has 2 N–H and O–H groups in total. The van der Waals surface area contributed by atoms with Gasteiger partial charge in [-0.3, -0.25) is 14.6 Å². The summed E-state index contributed by atoms with van der Waals surface area (Å²) in [6.45, 7) is 1.58. The number of aliphatic hydroxyl groups excluding tert-OH is 1. The Morgan fingerprint density at radius 2 is 2.20 bits per heavy atom. The fraction of sp³-hybridized carbons (Fsp3) is 0.700. The number of hydrogen-bond acceptors (Lipinski definition) is 4. The van der Waals surface area contributed by atoms with E-state index in [1.54, 1.807) is 0 Å². The molecule has 1 unspecified atom stereocenters. The second-order valence-electron chi connectivity index (χ2n) is 3.32. The Balaban J connectivity index is 4.02. The van der Waals surface area contributed by atoms with Crippen LogP contribution in [0.4, 0.5) is 0 Å². The van der Waals surface area contributed by atoms with E-state index < -0.39 is 18.6 Å². The Kier molecular flexibility index (Phi) is 7.44. The molecule has 0 aromatic heterocycles. The summed E-state index contributed by atoms with van der Waals surface area (Å²) in [7, 11) is 0. The lowest BCUT2D eigenvalue weighted by atomic mass is 10.1. The molecule has 0 rings (SSSR count). The average molecular weight is 215 g/mol. The lowest BCUT2D eigenvalue weighted by molar-refractivity contribution is -0.135. The third kappa shape index (κ3) is 7.81. The van der Waals surface area contributed by atoms with Gasteiger partial charge in [0, 0.05) is 6.42 Å². The number of nitrogens with zero attached hydrogens (tertiary/aromatic N) is 1. The van der Waals surface area contributed by atoms with Crippen LogP contribution in [0.3, 0.4) is 0 Å². The highest BCUT2D eigenvalue weighted by Crippen LogP contribution is 2.04. The molecule has 5 heteroatoms. The standard InChI is InChI=1S/C10H17NO4/c1-2-3-4-9(13)5-8(7-12)11-6-10(14)15/h7,9,13H,2-6H2,1H3,(H,14,15). The molecule has 1 atom stereocenters. The Morgan fingerprint density at radius 3 is 2.67 bits per heavy atom. The van der Waals surface area contributed by atoms with Crippen molar-refractivity contribution in [2.45, 2.75) is 38.7 Å². The summed E-state index contributed by atoms with van der Waals surface area (Å²) >= 11 is 0. The number of unbranched alkanes of at least 4 members (excludes halogenated alkanes) is 1. The minimum Gasteiger partial charge on any atom is -0.480 e. The molecule has 0 aromatic rings. The van der Waals surface area contributed by atoms with Crippen LogP contribution >= 0.6 is 0 Å². The Bertz CT molecular complexity index is 238. The monoisotopic (exact) mass is 215 g/mol. The number of rotatable bonds is 8. The SMILES string of the molecule is CCCCC(O)CC(C=O)=NCC(=O)O. The van der Waals surface area contributed by atoms with Crippen molar-refractivity contribution in [3.8, 4) is 0 Å². The predicted molar refractivity (Wildman–Crippen MR) is 56.2 cm³/mol. The fourth-order valence-corrected chi connectivity index (χ4v) is 1.10. The molecule has 0 aliphatic rings. The van der Waals surface area contributed by atoms with Crippen molar-refractivity contribution >= 4 is 18.0 Å². The van der Waals surface area contributed by atoms with Gasteiger partial charge in [-0.25, -0.2) is 0 Å². The average Bonchev–Trinajstić information content (AvgIpc) is 2.20. The van der Waals surface area contributed by atoms with Crippen LogP contribution in [0.2, 0.25) is 0 Å². The molecule has 0 saturated heterocycles. The quantitative estimate of drug-likeness (QED) is 0.459. The normalized spacial score (nSPS) is 13.6. The highest BCUT2D eigenvalue weighted by atomic mass is 16.4. The van der Waals surface area contributed by atoms with Gasteiger partial charge in [0.1, 0.15) is 6.54 Å². The summed E-state index contributed by atoms with van der Waals surface area (Å²) in [6.07, 6.45) is 2.49. The van der Waals surface area contributed by atoms with Gasteiger partial charge >= 0.3 is 5.97 Å². The molecule has 0 saturated carbocycles. The molecule has 0 aliphatic carbocycles. The predicted octanol–water partition coefficient (Wildman–Crippen LogP) is 0.652. The van der Waals surface area contributed by atoms with E-state index in [2.05, 4.69) is 4.99 Å². The van der Waals surface area contributed by atoms with E-state index in [0.717, 1.165) is 12.8 Å². The number of aldehydes is 1. The number of aliphatic carboxylic acids is 1. The van der Waals surface area contributed by atoms with Crippen LogP contribution in [0.1, 0.15) is 32.6 Å². The first-order valence-corrected chi connectivity index (χ1v) is 4.98. The number of aliphatic imine (C=N–C) groups is 1. The summed E-state index contributed by atoms with van der Waals surface area (Å²) in [5.74, 6) is -1.09. The van der Waals surface area contributed by atoms with Crippen molar-refractivity contribution < 1.29 is 19.8 Å². The van der Waals surface area contributed by atoms with Crippen molar-refractivity contribution in [2.75, 3.05) is 6.54 Å². The van der Waals surface area contributed by atoms with E-state index in [9.17, 15) is 14.7 Å². The first kappa shape index (κ1) is 13.8. The van der Waals surface area contributed by atoms with Gasteiger partial charge in [-0.05, 0) is 6.42 Å². The van der Waals surface area contributed by atoms with Gasteiger partial charge in [-0.2, -0.15) is 0 Å². The molecule has 0 bridgehead atoms. The molecular formula is C10H17NO4. The highest BCUT2D eigenvalue weighted by molar-refractivity contribution is 6.28.